The summed E-state index contributed by atoms with van der Waals surface area (Å²) in [4.78, 5) is 11.1. The molecular formula is C33H26N4O13S4. The van der Waals surface area contributed by atoms with E-state index in [0.717, 1.165) is 36.4 Å². The topological polar surface area (TPSA) is 283 Å². The first-order valence-corrected chi connectivity index (χ1v) is 20.9. The second-order valence-corrected chi connectivity index (χ2v) is 17.6. The number of rotatable bonds is 10. The van der Waals surface area contributed by atoms with Crippen molar-refractivity contribution in [1.29, 1.82) is 0 Å². The van der Waals surface area contributed by atoms with Gasteiger partial charge in [-0.05, 0) is 72.8 Å². The second kappa shape index (κ2) is 13.8. The Hall–Kier alpha value is -5.97. The molecule has 6 rings (SSSR count). The molecule has 0 saturated carbocycles. The Kier molecular flexibility index (Phi) is 9.64. The number of carbonyl (C=O) groups excluding carboxylic acids is 1. The van der Waals surface area contributed by atoms with Crippen molar-refractivity contribution in [2.75, 3.05) is 20.1 Å². The predicted molar refractivity (Wildman–Crippen MR) is 198 cm³/mol. The molecule has 2 amide bonds. The fourth-order valence-corrected chi connectivity index (χ4v) is 9.13. The molecule has 0 spiro atoms. The maximum atomic E-state index is 13.4. The minimum Gasteiger partial charge on any atom is -0.507 e. The summed E-state index contributed by atoms with van der Waals surface area (Å²) in [6.07, 6.45) is 0. The van der Waals surface area contributed by atoms with Crippen LogP contribution in [-0.2, 0) is 40.3 Å². The van der Waals surface area contributed by atoms with Gasteiger partial charge in [-0.2, -0.15) is 16.8 Å². The lowest BCUT2D eigenvalue weighted by Gasteiger charge is -2.15. The van der Waals surface area contributed by atoms with Gasteiger partial charge in [0.05, 0.1) is 21.2 Å². The number of nitrogens with one attached hydrogen (secondary N) is 4. The lowest BCUT2D eigenvalue weighted by Crippen LogP contribution is -2.20. The van der Waals surface area contributed by atoms with E-state index in [1.54, 1.807) is 0 Å². The Morgan fingerprint density at radius 2 is 0.852 bits per heavy atom. The second-order valence-electron chi connectivity index (χ2n) is 11.4. The van der Waals surface area contributed by atoms with Crippen LogP contribution in [0.1, 0.15) is 0 Å². The van der Waals surface area contributed by atoms with Crippen LogP contribution in [0.5, 0.6) is 11.5 Å². The highest BCUT2D eigenvalue weighted by atomic mass is 32.2. The third-order valence-electron chi connectivity index (χ3n) is 7.81. The van der Waals surface area contributed by atoms with Crippen molar-refractivity contribution in [3.63, 3.8) is 0 Å². The number of anilines is 4. The lowest BCUT2D eigenvalue weighted by atomic mass is 10.1. The molecule has 8 N–H and O–H groups in total. The van der Waals surface area contributed by atoms with Gasteiger partial charge in [0.15, 0.2) is 0 Å². The van der Waals surface area contributed by atoms with Gasteiger partial charge in [0, 0.05) is 32.9 Å². The van der Waals surface area contributed by atoms with Crippen molar-refractivity contribution < 1.29 is 57.8 Å². The van der Waals surface area contributed by atoms with E-state index in [1.807, 2.05) is 0 Å². The van der Waals surface area contributed by atoms with Crippen LogP contribution in [0, 0.1) is 0 Å². The lowest BCUT2D eigenvalue weighted by molar-refractivity contribution is 0.262. The third kappa shape index (κ3) is 7.71. The van der Waals surface area contributed by atoms with Crippen molar-refractivity contribution in [1.82, 2.24) is 0 Å². The quantitative estimate of drug-likeness (QED) is 0.0833. The highest BCUT2D eigenvalue weighted by Gasteiger charge is 2.24. The summed E-state index contributed by atoms with van der Waals surface area (Å²) in [6.45, 7) is 0. The van der Waals surface area contributed by atoms with Gasteiger partial charge in [-0.3, -0.25) is 18.5 Å². The molecule has 0 aliphatic carbocycles. The van der Waals surface area contributed by atoms with E-state index >= 15 is 0 Å². The standard InChI is InChI=1S/C33H26N4O13S4/c38-27-11-3-9-23-29(53(45,46)47)15-13-25(31(23)27)36-51(41,42)21-7-1-5-19(17-21)34-33(40)35-20-6-2-8-22(18-20)52(43,44)37-26-14-16-30(54(48,49)50)24-10-4-12-28(39)32(24)26/h1-18,36-39H,(H2,34,35,40)(H,45,46,47)(H,48,49,50). The fraction of sp³-hybridized carbons (Fsp3) is 0. The minimum absolute atomic E-state index is 0.0183. The van der Waals surface area contributed by atoms with Crippen LogP contribution in [0.4, 0.5) is 27.5 Å². The molecule has 6 aromatic carbocycles. The molecule has 0 fully saturated rings. The van der Waals surface area contributed by atoms with Crippen LogP contribution in [0.3, 0.4) is 0 Å². The van der Waals surface area contributed by atoms with E-state index in [1.165, 1.54) is 72.8 Å². The molecule has 0 unspecified atom stereocenters. The van der Waals surface area contributed by atoms with E-state index < -0.39 is 67.6 Å². The summed E-state index contributed by atoms with van der Waals surface area (Å²) in [5.74, 6) is -0.949. The van der Waals surface area contributed by atoms with Crippen LogP contribution < -0.4 is 20.1 Å². The summed E-state index contributed by atoms with van der Waals surface area (Å²) in [6, 6.07) is 20.6. The molecule has 0 aliphatic heterocycles. The number of fused-ring (bicyclic) bond motifs is 2. The van der Waals surface area contributed by atoms with Gasteiger partial charge in [-0.25, -0.2) is 21.6 Å². The summed E-state index contributed by atoms with van der Waals surface area (Å²) < 4.78 is 125. The Bertz CT molecular complexity index is 2770. The smallest absolute Gasteiger partial charge is 0.323 e. The minimum atomic E-state index is -4.74. The number of phenolic OH excluding ortho intramolecular Hbond substituents is 2. The number of aromatic hydroxyl groups is 2. The van der Waals surface area contributed by atoms with E-state index in [2.05, 4.69) is 20.1 Å². The van der Waals surface area contributed by atoms with Gasteiger partial charge in [0.25, 0.3) is 40.3 Å². The van der Waals surface area contributed by atoms with Crippen LogP contribution in [-0.4, -0.2) is 59.0 Å². The Morgan fingerprint density at radius 3 is 1.22 bits per heavy atom. The first-order valence-electron chi connectivity index (χ1n) is 15.0. The van der Waals surface area contributed by atoms with Gasteiger partial charge in [-0.1, -0.05) is 36.4 Å². The third-order valence-corrected chi connectivity index (χ3v) is 12.4. The highest BCUT2D eigenvalue weighted by Crippen LogP contribution is 2.38. The Labute approximate surface area is 307 Å². The van der Waals surface area contributed by atoms with Crippen molar-refractivity contribution in [2.24, 2.45) is 0 Å². The molecule has 54 heavy (non-hydrogen) atoms. The van der Waals surface area contributed by atoms with Gasteiger partial charge in [-0.15, -0.1) is 0 Å². The number of sulfonamides is 2. The molecule has 17 nitrogen and oxygen atoms in total. The maximum Gasteiger partial charge on any atom is 0.323 e. The normalized spacial score (nSPS) is 12.3. The number of phenols is 2. The molecule has 6 aromatic rings. The van der Waals surface area contributed by atoms with Gasteiger partial charge in [0.2, 0.25) is 0 Å². The van der Waals surface area contributed by atoms with Gasteiger partial charge in [0.1, 0.15) is 21.3 Å². The molecule has 0 atom stereocenters. The molecule has 0 heterocycles. The molecular weight excluding hydrogens is 789 g/mol. The van der Waals surface area contributed by atoms with Gasteiger partial charge >= 0.3 is 6.03 Å². The van der Waals surface area contributed by atoms with Crippen LogP contribution in [0.2, 0.25) is 0 Å². The molecule has 0 bridgehead atoms. The average Bonchev–Trinajstić information content (AvgIpc) is 3.07. The summed E-state index contributed by atoms with van der Waals surface area (Å²) in [5, 5.41) is 25.0. The molecule has 21 heteroatoms. The van der Waals surface area contributed by atoms with Gasteiger partial charge < -0.3 is 20.8 Å². The number of hydrogen-bond donors (Lipinski definition) is 8. The van der Waals surface area contributed by atoms with Crippen LogP contribution >= 0.6 is 0 Å². The molecule has 0 aromatic heterocycles. The first kappa shape index (κ1) is 37.8. The zero-order chi connectivity index (χ0) is 39.2. The van der Waals surface area contributed by atoms with Crippen LogP contribution in [0.15, 0.2) is 129 Å². The summed E-state index contributed by atoms with van der Waals surface area (Å²) in [7, 11) is -18.3. The SMILES string of the molecule is O=C(Nc1cccc(S(=O)(=O)Nc2ccc(S(=O)(=O)O)c3cccc(O)c23)c1)Nc1cccc(S(=O)(=O)Nc2ccc(S(=O)(=O)O)c3cccc(O)c23)c1. The number of benzene rings is 6. The molecule has 0 aliphatic rings. The molecule has 0 saturated heterocycles. The van der Waals surface area contributed by atoms with Crippen molar-refractivity contribution in [3.8, 4) is 11.5 Å². The zero-order valence-electron chi connectivity index (χ0n) is 27.0. The summed E-state index contributed by atoms with van der Waals surface area (Å²) >= 11 is 0. The van der Waals surface area contributed by atoms with E-state index in [9.17, 15) is 57.8 Å². The van der Waals surface area contributed by atoms with Crippen molar-refractivity contribution in [3.05, 3.63) is 109 Å². The fourth-order valence-electron chi connectivity index (χ4n) is 5.52. The number of urea groups is 1. The predicted octanol–water partition coefficient (Wildman–Crippen LogP) is 5.14. The van der Waals surface area contributed by atoms with Crippen LogP contribution in [0.25, 0.3) is 21.5 Å². The van der Waals surface area contributed by atoms with E-state index in [4.69, 9.17) is 0 Å². The monoisotopic (exact) mass is 814 g/mol. The van der Waals surface area contributed by atoms with E-state index in [0.29, 0.717) is 0 Å². The van der Waals surface area contributed by atoms with E-state index in [-0.39, 0.29) is 54.1 Å². The Balaban J connectivity index is 1.20. The zero-order valence-corrected chi connectivity index (χ0v) is 30.3. The number of hydrogen-bond acceptors (Lipinski definition) is 11. The first-order chi connectivity index (χ1) is 25.2. The molecule has 0 radical (unpaired) electrons. The average molecular weight is 815 g/mol. The maximum absolute atomic E-state index is 13.4. The highest BCUT2D eigenvalue weighted by molar-refractivity contribution is 7.93. The summed E-state index contributed by atoms with van der Waals surface area (Å²) in [5.41, 5.74) is -0.461. The Morgan fingerprint density at radius 1 is 0.481 bits per heavy atom. The number of amides is 2. The van der Waals surface area contributed by atoms with Crippen molar-refractivity contribution >= 4 is 90.6 Å². The molecule has 280 valence electrons. The number of carbonyl (C=O) groups is 1. The van der Waals surface area contributed by atoms with Crippen molar-refractivity contribution in [2.45, 2.75) is 19.6 Å². The largest absolute Gasteiger partial charge is 0.507 e.